The molecule has 0 aliphatic heterocycles. The number of hydrogen-bond donors (Lipinski definition) is 2. The van der Waals surface area contributed by atoms with Gasteiger partial charge in [-0.2, -0.15) is 0 Å². The topological polar surface area (TPSA) is 66.8 Å². The first-order chi connectivity index (χ1) is 8.81. The molecule has 0 unspecified atom stereocenters. The summed E-state index contributed by atoms with van der Waals surface area (Å²) < 4.78 is 2.04. The molecule has 0 bridgehead atoms. The highest BCUT2D eigenvalue weighted by molar-refractivity contribution is 7.15. The molecule has 6 heteroatoms. The van der Waals surface area contributed by atoms with Crippen LogP contribution in [0.25, 0.3) is 4.96 Å². The van der Waals surface area contributed by atoms with Crippen LogP contribution in [0.15, 0.2) is 11.6 Å². The zero-order chi connectivity index (χ0) is 13.0. The van der Waals surface area contributed by atoms with Crippen molar-refractivity contribution in [3.63, 3.8) is 0 Å². The fraction of sp³-hybridized carbons (Fsp3) is 0.583. The predicted octanol–water partition coefficient (Wildman–Crippen LogP) is 1.45. The van der Waals surface area contributed by atoms with Gasteiger partial charge in [0, 0.05) is 31.2 Å². The predicted molar refractivity (Wildman–Crippen MR) is 75.2 cm³/mol. The van der Waals surface area contributed by atoms with Crippen molar-refractivity contribution in [2.45, 2.75) is 26.3 Å². The van der Waals surface area contributed by atoms with Gasteiger partial charge >= 0.3 is 0 Å². The molecule has 3 N–H and O–H groups in total. The SMILES string of the molecule is CCCCN(CCO)c1nc2sccn2c1CN. The average Bonchev–Trinajstić information content (AvgIpc) is 2.94. The highest BCUT2D eigenvalue weighted by Crippen LogP contribution is 2.24. The van der Waals surface area contributed by atoms with Gasteiger partial charge in [-0.25, -0.2) is 4.98 Å². The lowest BCUT2D eigenvalue weighted by atomic mass is 10.3. The Morgan fingerprint density at radius 1 is 1.50 bits per heavy atom. The fourth-order valence-corrected chi connectivity index (χ4v) is 2.79. The van der Waals surface area contributed by atoms with Crippen molar-refractivity contribution in [2.75, 3.05) is 24.6 Å². The fourth-order valence-electron chi connectivity index (χ4n) is 2.06. The third-order valence-electron chi connectivity index (χ3n) is 2.98. The van der Waals surface area contributed by atoms with Crippen LogP contribution in [0.4, 0.5) is 5.82 Å². The van der Waals surface area contributed by atoms with Crippen LogP contribution in [0.1, 0.15) is 25.5 Å². The molecule has 0 aliphatic carbocycles. The van der Waals surface area contributed by atoms with Gasteiger partial charge in [0.25, 0.3) is 0 Å². The van der Waals surface area contributed by atoms with E-state index in [0.29, 0.717) is 13.1 Å². The lowest BCUT2D eigenvalue weighted by Gasteiger charge is -2.22. The van der Waals surface area contributed by atoms with Crippen molar-refractivity contribution in [1.82, 2.24) is 9.38 Å². The van der Waals surface area contributed by atoms with Gasteiger partial charge in [-0.15, -0.1) is 11.3 Å². The number of unbranched alkanes of at least 4 members (excludes halogenated alkanes) is 1. The van der Waals surface area contributed by atoms with E-state index in [0.717, 1.165) is 35.9 Å². The summed E-state index contributed by atoms with van der Waals surface area (Å²) in [5.74, 6) is 0.923. The van der Waals surface area contributed by atoms with E-state index >= 15 is 0 Å². The van der Waals surface area contributed by atoms with E-state index in [4.69, 9.17) is 5.73 Å². The molecule has 0 spiro atoms. The van der Waals surface area contributed by atoms with Gasteiger partial charge in [-0.1, -0.05) is 13.3 Å². The summed E-state index contributed by atoms with van der Waals surface area (Å²) in [6.07, 6.45) is 4.22. The molecule has 0 radical (unpaired) electrons. The summed E-state index contributed by atoms with van der Waals surface area (Å²) in [6, 6.07) is 0. The zero-order valence-corrected chi connectivity index (χ0v) is 11.5. The number of imidazole rings is 1. The van der Waals surface area contributed by atoms with Crippen molar-refractivity contribution >= 4 is 22.1 Å². The second kappa shape index (κ2) is 6.17. The number of aliphatic hydroxyl groups excluding tert-OH is 1. The van der Waals surface area contributed by atoms with Crippen molar-refractivity contribution in [2.24, 2.45) is 5.73 Å². The molecule has 0 aromatic carbocycles. The van der Waals surface area contributed by atoms with Crippen LogP contribution < -0.4 is 10.6 Å². The molecule has 18 heavy (non-hydrogen) atoms. The lowest BCUT2D eigenvalue weighted by molar-refractivity contribution is 0.301. The number of rotatable bonds is 7. The summed E-state index contributed by atoms with van der Waals surface area (Å²) in [6.45, 7) is 4.28. The maximum atomic E-state index is 9.18. The number of aromatic nitrogens is 2. The first-order valence-electron chi connectivity index (χ1n) is 6.32. The molecule has 5 nitrogen and oxygen atoms in total. The Balaban J connectivity index is 2.32. The second-order valence-corrected chi connectivity index (χ2v) is 5.08. The van der Waals surface area contributed by atoms with Gasteiger partial charge in [-0.3, -0.25) is 4.40 Å². The number of fused-ring (bicyclic) bond motifs is 1. The molecule has 2 aromatic rings. The quantitative estimate of drug-likeness (QED) is 0.797. The molecular weight excluding hydrogens is 248 g/mol. The Labute approximate surface area is 111 Å². The zero-order valence-electron chi connectivity index (χ0n) is 10.7. The summed E-state index contributed by atoms with van der Waals surface area (Å²) in [7, 11) is 0. The molecule has 2 heterocycles. The van der Waals surface area contributed by atoms with Gasteiger partial charge < -0.3 is 15.7 Å². The Hall–Kier alpha value is -1.11. The van der Waals surface area contributed by atoms with E-state index in [9.17, 15) is 5.11 Å². The number of nitrogens with zero attached hydrogens (tertiary/aromatic N) is 3. The van der Waals surface area contributed by atoms with Crippen LogP contribution in [-0.2, 0) is 6.54 Å². The summed E-state index contributed by atoms with van der Waals surface area (Å²) in [5.41, 5.74) is 6.86. The Morgan fingerprint density at radius 3 is 3.00 bits per heavy atom. The monoisotopic (exact) mass is 268 g/mol. The third-order valence-corrected chi connectivity index (χ3v) is 3.74. The highest BCUT2D eigenvalue weighted by Gasteiger charge is 2.17. The first-order valence-corrected chi connectivity index (χ1v) is 7.20. The molecule has 0 fully saturated rings. The van der Waals surface area contributed by atoms with Crippen molar-refractivity contribution in [1.29, 1.82) is 0 Å². The molecular formula is C12H20N4OS. The number of thiazole rings is 1. The number of nitrogens with two attached hydrogens (primary N) is 1. The summed E-state index contributed by atoms with van der Waals surface area (Å²) in [5, 5.41) is 11.2. The molecule has 0 atom stereocenters. The number of hydrogen-bond acceptors (Lipinski definition) is 5. The van der Waals surface area contributed by atoms with Gasteiger partial charge in [0.2, 0.25) is 0 Å². The van der Waals surface area contributed by atoms with Crippen LogP contribution in [0.5, 0.6) is 0 Å². The summed E-state index contributed by atoms with van der Waals surface area (Å²) >= 11 is 1.60. The van der Waals surface area contributed by atoms with Crippen LogP contribution in [0, 0.1) is 0 Å². The molecule has 2 rings (SSSR count). The van der Waals surface area contributed by atoms with Crippen LogP contribution in [0.2, 0.25) is 0 Å². The van der Waals surface area contributed by atoms with E-state index in [-0.39, 0.29) is 6.61 Å². The molecule has 100 valence electrons. The second-order valence-electron chi connectivity index (χ2n) is 4.21. The standard InChI is InChI=1S/C12H20N4OS/c1-2-3-4-15(5-7-17)11-10(9-13)16-6-8-18-12(16)14-11/h6,8,17H,2-5,7,9,13H2,1H3. The Kier molecular flexibility index (Phi) is 4.57. The van der Waals surface area contributed by atoms with Gasteiger partial charge in [0.15, 0.2) is 10.8 Å². The maximum absolute atomic E-state index is 9.18. The van der Waals surface area contributed by atoms with Crippen LogP contribution in [0.3, 0.4) is 0 Å². The van der Waals surface area contributed by atoms with E-state index < -0.39 is 0 Å². The van der Waals surface area contributed by atoms with Crippen LogP contribution in [-0.4, -0.2) is 34.2 Å². The number of anilines is 1. The molecule has 0 saturated carbocycles. The Morgan fingerprint density at radius 2 is 2.33 bits per heavy atom. The maximum Gasteiger partial charge on any atom is 0.195 e. The molecule has 0 aliphatic rings. The third kappa shape index (κ3) is 2.50. The smallest absolute Gasteiger partial charge is 0.195 e. The van der Waals surface area contributed by atoms with Gasteiger partial charge in [0.05, 0.1) is 12.3 Å². The molecule has 0 amide bonds. The largest absolute Gasteiger partial charge is 0.395 e. The van der Waals surface area contributed by atoms with Crippen molar-refractivity contribution in [3.8, 4) is 0 Å². The van der Waals surface area contributed by atoms with E-state index in [1.807, 2.05) is 16.0 Å². The summed E-state index contributed by atoms with van der Waals surface area (Å²) in [4.78, 5) is 7.72. The van der Waals surface area contributed by atoms with Crippen molar-refractivity contribution in [3.05, 3.63) is 17.3 Å². The normalized spacial score (nSPS) is 11.3. The van der Waals surface area contributed by atoms with Crippen molar-refractivity contribution < 1.29 is 5.11 Å². The Bertz CT molecular complexity index is 493. The van der Waals surface area contributed by atoms with E-state index in [1.165, 1.54) is 0 Å². The molecule has 2 aromatic heterocycles. The minimum Gasteiger partial charge on any atom is -0.395 e. The van der Waals surface area contributed by atoms with Gasteiger partial charge in [-0.05, 0) is 6.42 Å². The first kappa shape index (κ1) is 13.3. The van der Waals surface area contributed by atoms with Gasteiger partial charge in [0.1, 0.15) is 0 Å². The van der Waals surface area contributed by atoms with Crippen LogP contribution >= 0.6 is 11.3 Å². The minimum atomic E-state index is 0.138. The highest BCUT2D eigenvalue weighted by atomic mass is 32.1. The lowest BCUT2D eigenvalue weighted by Crippen LogP contribution is -2.29. The average molecular weight is 268 g/mol. The van der Waals surface area contributed by atoms with E-state index in [1.54, 1.807) is 11.3 Å². The minimum absolute atomic E-state index is 0.138. The van der Waals surface area contributed by atoms with E-state index in [2.05, 4.69) is 16.8 Å². The molecule has 0 saturated heterocycles. The number of aliphatic hydroxyl groups is 1.